The van der Waals surface area contributed by atoms with E-state index in [1.54, 1.807) is 18.2 Å². The van der Waals surface area contributed by atoms with Crippen LogP contribution in [0.15, 0.2) is 30.3 Å². The maximum atomic E-state index is 11.3. The Bertz CT molecular complexity index is 1180. The molecule has 1 radical (unpaired) electrons. The van der Waals surface area contributed by atoms with Crippen LogP contribution in [0.5, 0.6) is 5.75 Å². The summed E-state index contributed by atoms with van der Waals surface area (Å²) < 4.78 is 11.7. The van der Waals surface area contributed by atoms with Gasteiger partial charge in [-0.05, 0) is 58.7 Å². The smallest absolute Gasteiger partial charge is 0.380 e. The number of allylic oxidation sites excluding steroid dienone is 1. The average Bonchev–Trinajstić information content (AvgIpc) is 3.12. The lowest BCUT2D eigenvalue weighted by Gasteiger charge is -2.16. The van der Waals surface area contributed by atoms with Crippen LogP contribution in [0.1, 0.15) is 43.8 Å². The van der Waals surface area contributed by atoms with Crippen molar-refractivity contribution in [3.05, 3.63) is 62.8 Å². The van der Waals surface area contributed by atoms with Crippen molar-refractivity contribution in [1.82, 2.24) is 9.97 Å². The molecule has 3 aromatic rings. The van der Waals surface area contributed by atoms with Crippen molar-refractivity contribution in [2.75, 3.05) is 13.4 Å². The van der Waals surface area contributed by atoms with E-state index >= 15 is 0 Å². The van der Waals surface area contributed by atoms with Gasteiger partial charge >= 0.3 is 5.82 Å². The number of aromatic nitrogens is 2. The van der Waals surface area contributed by atoms with Crippen molar-refractivity contribution >= 4 is 33.4 Å². The number of ether oxygens (including phenoxy) is 2. The molecule has 0 N–H and O–H groups in total. The first-order valence-corrected chi connectivity index (χ1v) is 10.5. The number of rotatable bonds is 6. The molecule has 0 aliphatic carbocycles. The van der Waals surface area contributed by atoms with E-state index < -0.39 is 4.92 Å². The minimum absolute atomic E-state index is 0.207. The molecule has 0 saturated carbocycles. The first kappa shape index (κ1) is 22.4. The van der Waals surface area contributed by atoms with E-state index in [2.05, 4.69) is 28.0 Å². The molecular weight excluding hydrogens is 414 g/mol. The molecule has 7 nitrogen and oxygen atoms in total. The second-order valence-corrected chi connectivity index (χ2v) is 8.63. The Kier molecular flexibility index (Phi) is 7.00. The molecule has 0 saturated heterocycles. The van der Waals surface area contributed by atoms with Crippen molar-refractivity contribution in [3.8, 4) is 17.6 Å². The van der Waals surface area contributed by atoms with Crippen LogP contribution in [-0.4, -0.2) is 28.3 Å². The zero-order valence-electron chi connectivity index (χ0n) is 17.8. The predicted octanol–water partition coefficient (Wildman–Crippen LogP) is 5.13. The van der Waals surface area contributed by atoms with Gasteiger partial charge in [-0.15, -0.1) is 11.3 Å². The topological polar surface area (TPSA) is 87.4 Å². The normalized spacial score (nSPS) is 11.5. The highest BCUT2D eigenvalue weighted by Gasteiger charge is 2.22. The van der Waals surface area contributed by atoms with E-state index in [0.29, 0.717) is 6.61 Å². The second-order valence-electron chi connectivity index (χ2n) is 7.57. The molecule has 0 unspecified atom stereocenters. The number of hydrogen-bond acceptors (Lipinski definition) is 7. The lowest BCUT2D eigenvalue weighted by molar-refractivity contribution is -0.389. The van der Waals surface area contributed by atoms with Crippen LogP contribution in [0.2, 0.25) is 0 Å². The molecule has 2 aromatic heterocycles. The second kappa shape index (κ2) is 9.69. The standard InChI is InChI=1S/C23H22N3O4S/c1-5-29-15-30-18-10-11-19-20(13-18)31-21(25-19)9-7-6-8-16-12-17(23(2,3)4)14-24-22(16)26(27)28/h7,9-13H,5,15H2,1-4H3/b9-7+. The highest BCUT2D eigenvalue weighted by atomic mass is 32.1. The monoisotopic (exact) mass is 436 g/mol. The van der Waals surface area contributed by atoms with Crippen LogP contribution in [0.25, 0.3) is 16.3 Å². The summed E-state index contributed by atoms with van der Waals surface area (Å²) in [6, 6.07) is 7.32. The molecule has 0 aliphatic heterocycles. The minimum atomic E-state index is -0.546. The van der Waals surface area contributed by atoms with Crippen LogP contribution < -0.4 is 4.74 Å². The molecule has 0 aliphatic rings. The molecule has 8 heteroatoms. The van der Waals surface area contributed by atoms with Gasteiger partial charge in [0.15, 0.2) is 6.79 Å². The molecule has 2 heterocycles. The third kappa shape index (κ3) is 5.87. The molecule has 3 rings (SSSR count). The van der Waals surface area contributed by atoms with Gasteiger partial charge in [0, 0.05) is 12.2 Å². The summed E-state index contributed by atoms with van der Waals surface area (Å²) in [7, 11) is 0. The molecule has 0 atom stereocenters. The number of nitro groups is 1. The average molecular weight is 437 g/mol. The molecule has 0 amide bonds. The number of thiazole rings is 1. The molecule has 0 bridgehead atoms. The van der Waals surface area contributed by atoms with Crippen molar-refractivity contribution in [2.45, 2.75) is 33.1 Å². The lowest BCUT2D eigenvalue weighted by Crippen LogP contribution is -2.13. The summed E-state index contributed by atoms with van der Waals surface area (Å²) in [5, 5.41) is 12.0. The largest absolute Gasteiger partial charge is 0.468 e. The minimum Gasteiger partial charge on any atom is -0.468 e. The fraction of sp³-hybridized carbons (Fsp3) is 0.304. The van der Waals surface area contributed by atoms with Gasteiger partial charge in [0.1, 0.15) is 16.3 Å². The quantitative estimate of drug-likeness (QED) is 0.175. The highest BCUT2D eigenvalue weighted by Crippen LogP contribution is 2.27. The summed E-state index contributed by atoms with van der Waals surface area (Å²) in [6.07, 6.45) is 6.15. The summed E-state index contributed by atoms with van der Waals surface area (Å²) >= 11 is 1.50. The third-order valence-electron chi connectivity index (χ3n) is 4.20. The van der Waals surface area contributed by atoms with Gasteiger partial charge in [0.2, 0.25) is 6.20 Å². The molecule has 159 valence electrons. The molecular formula is C23H22N3O4S. The maximum Gasteiger partial charge on any atom is 0.380 e. The van der Waals surface area contributed by atoms with Gasteiger partial charge in [0.05, 0.1) is 10.2 Å². The van der Waals surface area contributed by atoms with Crippen molar-refractivity contribution in [3.63, 3.8) is 0 Å². The van der Waals surface area contributed by atoms with Crippen molar-refractivity contribution in [2.24, 2.45) is 0 Å². The van der Waals surface area contributed by atoms with Crippen LogP contribution >= 0.6 is 11.3 Å². The summed E-state index contributed by atoms with van der Waals surface area (Å²) in [5.41, 5.74) is 1.65. The van der Waals surface area contributed by atoms with Gasteiger partial charge in [-0.2, -0.15) is 0 Å². The van der Waals surface area contributed by atoms with Crippen molar-refractivity contribution in [1.29, 1.82) is 0 Å². The Balaban J connectivity index is 1.80. The Labute approximate surface area is 184 Å². The Morgan fingerprint density at radius 2 is 2.13 bits per heavy atom. The van der Waals surface area contributed by atoms with Gasteiger partial charge < -0.3 is 19.6 Å². The summed E-state index contributed by atoms with van der Waals surface area (Å²) in [6.45, 7) is 8.68. The van der Waals surface area contributed by atoms with Crippen LogP contribution in [0.4, 0.5) is 5.82 Å². The Morgan fingerprint density at radius 3 is 2.84 bits per heavy atom. The van der Waals surface area contributed by atoms with Crippen LogP contribution in [-0.2, 0) is 10.2 Å². The number of benzene rings is 1. The molecule has 0 fully saturated rings. The van der Waals surface area contributed by atoms with E-state index in [4.69, 9.17) is 9.47 Å². The van der Waals surface area contributed by atoms with Crippen LogP contribution in [0.3, 0.4) is 0 Å². The maximum absolute atomic E-state index is 11.3. The highest BCUT2D eigenvalue weighted by molar-refractivity contribution is 7.19. The molecule has 0 spiro atoms. The predicted molar refractivity (Wildman–Crippen MR) is 121 cm³/mol. The van der Waals surface area contributed by atoms with E-state index in [0.717, 1.165) is 26.5 Å². The van der Waals surface area contributed by atoms with E-state index in [9.17, 15) is 10.1 Å². The number of nitrogens with zero attached hydrogens (tertiary/aromatic N) is 3. The first-order chi connectivity index (χ1) is 14.8. The SMILES string of the molecule is CCOCOc1ccc2nc(/C=C/C#Cc3cc(C(C)(C)C)[c]nc3[N+](=O)[O-])sc2c1. The first-order valence-electron chi connectivity index (χ1n) is 9.64. The van der Waals surface area contributed by atoms with Gasteiger partial charge in [-0.25, -0.2) is 4.98 Å². The van der Waals surface area contributed by atoms with Crippen LogP contribution in [0, 0.1) is 28.2 Å². The fourth-order valence-electron chi connectivity index (χ4n) is 2.54. The fourth-order valence-corrected chi connectivity index (χ4v) is 3.44. The van der Waals surface area contributed by atoms with Gasteiger partial charge in [-0.1, -0.05) is 32.6 Å². The van der Waals surface area contributed by atoms with E-state index in [1.807, 2.05) is 45.9 Å². The lowest BCUT2D eigenvalue weighted by atomic mass is 9.87. The number of pyridine rings is 1. The van der Waals surface area contributed by atoms with Gasteiger partial charge in [-0.3, -0.25) is 0 Å². The summed E-state index contributed by atoms with van der Waals surface area (Å²) in [4.78, 5) is 19.1. The zero-order valence-corrected chi connectivity index (χ0v) is 18.6. The van der Waals surface area contributed by atoms with Gasteiger partial charge in [0.25, 0.3) is 0 Å². The van der Waals surface area contributed by atoms with E-state index in [1.165, 1.54) is 11.3 Å². The number of hydrogen-bond donors (Lipinski definition) is 0. The Morgan fingerprint density at radius 1 is 1.32 bits per heavy atom. The summed E-state index contributed by atoms with van der Waals surface area (Å²) in [5.74, 6) is 6.10. The third-order valence-corrected chi connectivity index (χ3v) is 5.18. The van der Waals surface area contributed by atoms with E-state index in [-0.39, 0.29) is 23.6 Å². The number of fused-ring (bicyclic) bond motifs is 1. The molecule has 31 heavy (non-hydrogen) atoms. The molecule has 1 aromatic carbocycles. The Hall–Kier alpha value is -3.28. The zero-order chi connectivity index (χ0) is 22.4. The van der Waals surface area contributed by atoms with Crippen molar-refractivity contribution < 1.29 is 14.4 Å².